The first-order chi connectivity index (χ1) is 17.7. The van der Waals surface area contributed by atoms with E-state index in [0.29, 0.717) is 23.3 Å². The fourth-order valence-corrected chi connectivity index (χ4v) is 4.33. The fourth-order valence-electron chi connectivity index (χ4n) is 4.33. The third-order valence-corrected chi connectivity index (χ3v) is 6.15. The van der Waals surface area contributed by atoms with Gasteiger partial charge in [-0.15, -0.1) is 13.3 Å². The normalized spacial score (nSPS) is 11.9. The van der Waals surface area contributed by atoms with Crippen LogP contribution in [0.3, 0.4) is 0 Å². The highest BCUT2D eigenvalue weighted by Crippen LogP contribution is 2.36. The molecule has 0 amide bonds. The number of hydrogen-bond acceptors (Lipinski definition) is 0. The van der Waals surface area contributed by atoms with Crippen molar-refractivity contribution in [2.75, 3.05) is 0 Å². The molecule has 37 heavy (non-hydrogen) atoms. The number of rotatable bonds is 5. The molecule has 6 heteroatoms. The van der Waals surface area contributed by atoms with E-state index in [-0.39, 0.29) is 11.4 Å². The molecule has 0 spiro atoms. The monoisotopic (exact) mass is 502 g/mol. The van der Waals surface area contributed by atoms with Gasteiger partial charge in [0.15, 0.2) is 0 Å². The Labute approximate surface area is 211 Å². The van der Waals surface area contributed by atoms with Crippen molar-refractivity contribution in [3.63, 3.8) is 0 Å². The van der Waals surface area contributed by atoms with E-state index in [1.165, 1.54) is 0 Å². The lowest BCUT2D eigenvalue weighted by Crippen LogP contribution is -2.54. The summed E-state index contributed by atoms with van der Waals surface area (Å²) in [6.07, 6.45) is -4.62. The molecule has 1 aromatic heterocycles. The maximum Gasteiger partial charge on any atom is 0.490 e. The van der Waals surface area contributed by atoms with E-state index in [4.69, 9.17) is 0 Å². The van der Waals surface area contributed by atoms with Crippen LogP contribution in [0.2, 0.25) is 0 Å². The van der Waals surface area contributed by atoms with Crippen LogP contribution in [0, 0.1) is 0 Å². The minimum Gasteiger partial charge on any atom is -0.166 e. The zero-order valence-corrected chi connectivity index (χ0v) is 19.5. The van der Waals surface area contributed by atoms with Crippen molar-refractivity contribution in [2.24, 2.45) is 0 Å². The molecule has 0 unspecified atom stereocenters. The Morgan fingerprint density at radius 2 is 0.784 bits per heavy atom. The van der Waals surface area contributed by atoms with Crippen LogP contribution in [0.4, 0.5) is 22.0 Å². The van der Waals surface area contributed by atoms with Crippen molar-refractivity contribution in [3.05, 3.63) is 139 Å². The smallest absolute Gasteiger partial charge is 0.166 e. The highest BCUT2D eigenvalue weighted by Gasteiger charge is 2.48. The van der Waals surface area contributed by atoms with E-state index in [1.807, 2.05) is 30.3 Å². The van der Waals surface area contributed by atoms with Gasteiger partial charge in [0.05, 0.1) is 11.1 Å². The van der Waals surface area contributed by atoms with Crippen molar-refractivity contribution < 1.29 is 26.5 Å². The molecule has 0 aliphatic heterocycles. The van der Waals surface area contributed by atoms with Crippen molar-refractivity contribution in [1.29, 1.82) is 0 Å². The molecule has 0 saturated heterocycles. The summed E-state index contributed by atoms with van der Waals surface area (Å²) in [5.74, 6) is 0. The number of pyridine rings is 1. The molecule has 0 aliphatic carbocycles. The Morgan fingerprint density at radius 1 is 0.405 bits per heavy atom. The maximum absolute atomic E-state index is 16.4. The summed E-state index contributed by atoms with van der Waals surface area (Å²) in [4.78, 5) is 0. The van der Waals surface area contributed by atoms with Crippen LogP contribution in [0.15, 0.2) is 127 Å². The summed E-state index contributed by atoms with van der Waals surface area (Å²) in [5, 5.41) is 0. The average Bonchev–Trinajstić information content (AvgIpc) is 2.93. The molecule has 0 atom stereocenters. The molecule has 184 valence electrons. The third kappa shape index (κ3) is 4.87. The summed E-state index contributed by atoms with van der Waals surface area (Å²) in [5.41, 5.74) is 1.60. The third-order valence-electron chi connectivity index (χ3n) is 6.15. The van der Waals surface area contributed by atoms with Crippen molar-refractivity contribution in [3.8, 4) is 33.6 Å². The van der Waals surface area contributed by atoms with Gasteiger partial charge in [0.25, 0.3) is 0 Å². The molecule has 1 nitrogen and oxygen atoms in total. The van der Waals surface area contributed by atoms with E-state index in [1.54, 1.807) is 72.8 Å². The Morgan fingerprint density at radius 3 is 1.19 bits per heavy atom. The number of alkyl halides is 5. The van der Waals surface area contributed by atoms with Crippen molar-refractivity contribution in [2.45, 2.75) is 12.2 Å². The number of halogens is 5. The number of nitrogens with zero attached hydrogens (tertiary/aromatic N) is 1. The first kappa shape index (κ1) is 24.4. The molecule has 1 heterocycles. The van der Waals surface area contributed by atoms with Crippen molar-refractivity contribution >= 4 is 0 Å². The topological polar surface area (TPSA) is 3.88 Å². The van der Waals surface area contributed by atoms with Gasteiger partial charge >= 0.3 is 12.2 Å². The van der Waals surface area contributed by atoms with Crippen LogP contribution < -0.4 is 4.57 Å². The van der Waals surface area contributed by atoms with Crippen molar-refractivity contribution in [1.82, 2.24) is 0 Å². The minimum atomic E-state index is -4.62. The molecule has 0 radical (unpaired) electrons. The van der Waals surface area contributed by atoms with Gasteiger partial charge in [-0.3, -0.25) is 0 Å². The van der Waals surface area contributed by atoms with E-state index in [9.17, 15) is 13.2 Å². The lowest BCUT2D eigenvalue weighted by atomic mass is 9.98. The van der Waals surface area contributed by atoms with Crippen LogP contribution in [-0.2, 0) is 12.2 Å². The summed E-state index contributed by atoms with van der Waals surface area (Å²) >= 11 is 0. The van der Waals surface area contributed by atoms with Crippen LogP contribution in [0.5, 0.6) is 0 Å². The van der Waals surface area contributed by atoms with Crippen LogP contribution in [-0.4, -0.2) is 0 Å². The summed E-state index contributed by atoms with van der Waals surface area (Å²) in [6, 6.07) is 29.7. The number of aromatic nitrogens is 1. The van der Waals surface area contributed by atoms with Gasteiger partial charge in [0, 0.05) is 23.3 Å². The average molecular weight is 503 g/mol. The molecular formula is C31H21F5N+. The van der Waals surface area contributed by atoms with E-state index in [2.05, 4.69) is 0 Å². The molecule has 0 bridgehead atoms. The molecule has 0 aliphatic rings. The zero-order chi connectivity index (χ0) is 26.0. The second-order valence-corrected chi connectivity index (χ2v) is 8.56. The van der Waals surface area contributed by atoms with Gasteiger partial charge in [0.1, 0.15) is 0 Å². The van der Waals surface area contributed by atoms with Crippen LogP contribution >= 0.6 is 0 Å². The largest absolute Gasteiger partial charge is 0.490 e. The SMILES string of the molecule is FC(F)(F)c1ccc(C(F)(F)[n+]2c(-c3ccccc3)cc(-c3ccccc3)cc2-c2ccccc2)cc1. The number of hydrogen-bond donors (Lipinski definition) is 0. The predicted molar refractivity (Wildman–Crippen MR) is 134 cm³/mol. The predicted octanol–water partition coefficient (Wildman–Crippen LogP) is 8.59. The first-order valence-electron chi connectivity index (χ1n) is 11.6. The Kier molecular flexibility index (Phi) is 6.34. The van der Waals surface area contributed by atoms with Gasteiger partial charge in [-0.05, 0) is 59.7 Å². The Balaban J connectivity index is 1.82. The minimum absolute atomic E-state index is 0.228. The number of benzene rings is 4. The van der Waals surface area contributed by atoms with Gasteiger partial charge in [-0.1, -0.05) is 66.7 Å². The summed E-state index contributed by atoms with van der Waals surface area (Å²) in [7, 11) is 0. The molecule has 0 saturated carbocycles. The molecule has 0 N–H and O–H groups in total. The lowest BCUT2D eigenvalue weighted by Gasteiger charge is -2.19. The second kappa shape index (κ2) is 9.62. The molecular weight excluding hydrogens is 481 g/mol. The Bertz CT molecular complexity index is 1430. The summed E-state index contributed by atoms with van der Waals surface area (Å²) < 4.78 is 73.1. The summed E-state index contributed by atoms with van der Waals surface area (Å²) in [6.45, 7) is 0. The Hall–Kier alpha value is -4.32. The zero-order valence-electron chi connectivity index (χ0n) is 19.5. The maximum atomic E-state index is 16.4. The standard InChI is InChI=1S/C31H21F5N/c32-30(33,34)26-16-18-27(19-17-26)31(35,36)37-28(23-12-6-2-7-13-23)20-25(22-10-4-1-5-11-22)21-29(37)24-14-8-3-9-15-24/h1-21H/q+1. The lowest BCUT2D eigenvalue weighted by molar-refractivity contribution is -0.793. The fraction of sp³-hybridized carbons (Fsp3) is 0.0645. The van der Waals surface area contributed by atoms with Crippen LogP contribution in [0.25, 0.3) is 33.6 Å². The van der Waals surface area contributed by atoms with E-state index < -0.39 is 23.3 Å². The van der Waals surface area contributed by atoms with Gasteiger partial charge in [-0.2, -0.15) is 13.2 Å². The van der Waals surface area contributed by atoms with E-state index in [0.717, 1.165) is 27.8 Å². The highest BCUT2D eigenvalue weighted by atomic mass is 19.4. The molecule has 0 fully saturated rings. The van der Waals surface area contributed by atoms with Gasteiger partial charge in [0.2, 0.25) is 11.4 Å². The quantitative estimate of drug-likeness (QED) is 0.167. The molecule has 5 rings (SSSR count). The molecule has 4 aromatic carbocycles. The highest BCUT2D eigenvalue weighted by molar-refractivity contribution is 5.73. The van der Waals surface area contributed by atoms with Gasteiger partial charge in [-0.25, -0.2) is 0 Å². The second-order valence-electron chi connectivity index (χ2n) is 8.56. The van der Waals surface area contributed by atoms with Gasteiger partial charge < -0.3 is 0 Å². The van der Waals surface area contributed by atoms with E-state index >= 15 is 8.78 Å². The molecule has 5 aromatic rings. The van der Waals surface area contributed by atoms with Crippen LogP contribution in [0.1, 0.15) is 11.1 Å². The first-order valence-corrected chi connectivity index (χ1v) is 11.6.